The van der Waals surface area contributed by atoms with Crippen LogP contribution in [-0.2, 0) is 0 Å². The van der Waals surface area contributed by atoms with E-state index in [1.165, 1.54) is 12.8 Å². The summed E-state index contributed by atoms with van der Waals surface area (Å²) in [5, 5.41) is 0. The van der Waals surface area contributed by atoms with Crippen LogP contribution in [0, 0.1) is 0 Å². The first-order chi connectivity index (χ1) is 5.24. The van der Waals surface area contributed by atoms with Crippen molar-refractivity contribution in [2.45, 2.75) is 39.7 Å². The fourth-order valence-corrected chi connectivity index (χ4v) is 1.25. The molecular weight excluding hydrogens is 136 g/mol. The molecule has 1 aliphatic heterocycles. The van der Waals surface area contributed by atoms with Gasteiger partial charge < -0.3 is 0 Å². The third-order valence-corrected chi connectivity index (χ3v) is 2.06. The molecule has 0 aliphatic carbocycles. The summed E-state index contributed by atoms with van der Waals surface area (Å²) in [6.07, 6.45) is 2.38. The maximum absolute atomic E-state index is 4.54. The van der Waals surface area contributed by atoms with Crippen molar-refractivity contribution in [3.63, 3.8) is 0 Å². The number of hydrogen-bond acceptors (Lipinski definition) is 2. The summed E-state index contributed by atoms with van der Waals surface area (Å²) in [6.45, 7) is 7.16. The minimum Gasteiger partial charge on any atom is -0.286 e. The van der Waals surface area contributed by atoms with Gasteiger partial charge in [-0.25, -0.2) is 0 Å². The van der Waals surface area contributed by atoms with Gasteiger partial charge in [-0.1, -0.05) is 13.3 Å². The van der Waals surface area contributed by atoms with E-state index in [1.54, 1.807) is 0 Å². The molecule has 0 saturated heterocycles. The summed E-state index contributed by atoms with van der Waals surface area (Å²) in [6, 6.07) is 0.462. The Morgan fingerprint density at radius 2 is 2.09 bits per heavy atom. The predicted molar refractivity (Wildman–Crippen MR) is 49.8 cm³/mol. The average Bonchev–Trinajstić information content (AvgIpc) is 1.98. The first-order valence-corrected chi connectivity index (χ1v) is 4.30. The van der Waals surface area contributed by atoms with Crippen LogP contribution in [0.5, 0.6) is 0 Å². The second-order valence-electron chi connectivity index (χ2n) is 3.08. The zero-order valence-corrected chi connectivity index (χ0v) is 7.59. The normalized spacial score (nSPS) is 24.5. The molecule has 0 aromatic carbocycles. The van der Waals surface area contributed by atoms with Gasteiger partial charge >= 0.3 is 0 Å². The second kappa shape index (κ2) is 3.65. The topological polar surface area (TPSA) is 24.7 Å². The van der Waals surface area contributed by atoms with Crippen LogP contribution in [0.2, 0.25) is 0 Å². The van der Waals surface area contributed by atoms with Crippen LogP contribution >= 0.6 is 0 Å². The fraction of sp³-hybridized carbons (Fsp3) is 0.778. The molecule has 62 valence electrons. The maximum atomic E-state index is 4.54. The Kier molecular flexibility index (Phi) is 2.80. The highest BCUT2D eigenvalue weighted by Gasteiger charge is 2.11. The largest absolute Gasteiger partial charge is 0.286 e. The Morgan fingerprint density at radius 3 is 2.64 bits per heavy atom. The highest BCUT2D eigenvalue weighted by molar-refractivity contribution is 6.40. The Hall–Kier alpha value is -0.660. The summed E-state index contributed by atoms with van der Waals surface area (Å²) in [5.74, 6) is 0. The average molecular weight is 152 g/mol. The predicted octanol–water partition coefficient (Wildman–Crippen LogP) is 2.09. The van der Waals surface area contributed by atoms with Gasteiger partial charge in [0.25, 0.3) is 0 Å². The van der Waals surface area contributed by atoms with E-state index in [9.17, 15) is 0 Å². The second-order valence-corrected chi connectivity index (χ2v) is 3.08. The number of aliphatic imine (C=N–C) groups is 2. The van der Waals surface area contributed by atoms with Crippen molar-refractivity contribution in [1.82, 2.24) is 0 Å². The molecular formula is C9H16N2. The lowest BCUT2D eigenvalue weighted by Crippen LogP contribution is -2.21. The molecule has 2 heteroatoms. The van der Waals surface area contributed by atoms with Crippen molar-refractivity contribution >= 4 is 11.4 Å². The molecule has 0 radical (unpaired) electrons. The van der Waals surface area contributed by atoms with E-state index in [2.05, 4.69) is 16.9 Å². The molecule has 2 nitrogen and oxygen atoms in total. The summed E-state index contributed by atoms with van der Waals surface area (Å²) in [5.41, 5.74) is 2.23. The molecule has 0 spiro atoms. The van der Waals surface area contributed by atoms with E-state index in [4.69, 9.17) is 0 Å². The van der Waals surface area contributed by atoms with Crippen LogP contribution in [0.25, 0.3) is 0 Å². The molecule has 0 aromatic rings. The monoisotopic (exact) mass is 152 g/mol. The zero-order chi connectivity index (χ0) is 8.27. The zero-order valence-electron chi connectivity index (χ0n) is 7.59. The highest BCUT2D eigenvalue weighted by atomic mass is 14.9. The van der Waals surface area contributed by atoms with E-state index >= 15 is 0 Å². The Labute approximate surface area is 68.4 Å². The molecule has 0 amide bonds. The van der Waals surface area contributed by atoms with Gasteiger partial charge in [-0.3, -0.25) is 9.98 Å². The molecule has 1 atom stereocenters. The first-order valence-electron chi connectivity index (χ1n) is 4.30. The van der Waals surface area contributed by atoms with Crippen LogP contribution in [0.15, 0.2) is 9.98 Å². The Bertz CT molecular complexity index is 192. The molecule has 0 saturated carbocycles. The van der Waals surface area contributed by atoms with Crippen LogP contribution in [0.1, 0.15) is 33.6 Å². The molecule has 1 aliphatic rings. The van der Waals surface area contributed by atoms with Crippen LogP contribution in [0.4, 0.5) is 0 Å². The van der Waals surface area contributed by atoms with E-state index in [0.717, 1.165) is 18.0 Å². The molecule has 0 N–H and O–H groups in total. The quantitative estimate of drug-likeness (QED) is 0.579. The van der Waals surface area contributed by atoms with Gasteiger partial charge in [-0.15, -0.1) is 0 Å². The van der Waals surface area contributed by atoms with E-state index in [-0.39, 0.29) is 0 Å². The summed E-state index contributed by atoms with van der Waals surface area (Å²) in [4.78, 5) is 8.94. The molecule has 0 unspecified atom stereocenters. The summed E-state index contributed by atoms with van der Waals surface area (Å²) in [7, 11) is 0. The van der Waals surface area contributed by atoms with Crippen LogP contribution < -0.4 is 0 Å². The van der Waals surface area contributed by atoms with Crippen LogP contribution in [-0.4, -0.2) is 24.0 Å². The minimum absolute atomic E-state index is 0.462. The van der Waals surface area contributed by atoms with E-state index < -0.39 is 0 Å². The van der Waals surface area contributed by atoms with Gasteiger partial charge in [0.2, 0.25) is 0 Å². The van der Waals surface area contributed by atoms with Gasteiger partial charge in [0, 0.05) is 0 Å². The first kappa shape index (κ1) is 8.44. The molecule has 0 aromatic heterocycles. The van der Waals surface area contributed by atoms with Gasteiger partial charge in [0.05, 0.1) is 24.0 Å². The molecule has 1 rings (SSSR count). The van der Waals surface area contributed by atoms with Crippen molar-refractivity contribution in [2.24, 2.45) is 9.98 Å². The summed E-state index contributed by atoms with van der Waals surface area (Å²) >= 11 is 0. The summed E-state index contributed by atoms with van der Waals surface area (Å²) < 4.78 is 0. The van der Waals surface area contributed by atoms with Gasteiger partial charge in [0.1, 0.15) is 0 Å². The number of hydrogen-bond donors (Lipinski definition) is 0. The standard InChI is InChI=1S/C9H16N2/c1-4-5-9-6-10-7(2)8(3)11-9/h9H,4-6H2,1-3H3/t9-/m0/s1. The van der Waals surface area contributed by atoms with Gasteiger partial charge in [-0.05, 0) is 20.3 Å². The van der Waals surface area contributed by atoms with Crippen molar-refractivity contribution in [3.05, 3.63) is 0 Å². The highest BCUT2D eigenvalue weighted by Crippen LogP contribution is 2.07. The maximum Gasteiger partial charge on any atom is 0.0698 e. The van der Waals surface area contributed by atoms with Crippen molar-refractivity contribution in [2.75, 3.05) is 6.54 Å². The fourth-order valence-electron chi connectivity index (χ4n) is 1.25. The SMILES string of the molecule is CCC[C@H]1CN=C(C)C(C)=N1. The van der Waals surface area contributed by atoms with E-state index in [0.29, 0.717) is 6.04 Å². The minimum atomic E-state index is 0.462. The number of nitrogens with zero attached hydrogens (tertiary/aromatic N) is 2. The van der Waals surface area contributed by atoms with Crippen molar-refractivity contribution in [1.29, 1.82) is 0 Å². The van der Waals surface area contributed by atoms with Crippen molar-refractivity contribution < 1.29 is 0 Å². The third kappa shape index (κ3) is 2.14. The smallest absolute Gasteiger partial charge is 0.0698 e. The Morgan fingerprint density at radius 1 is 1.36 bits per heavy atom. The van der Waals surface area contributed by atoms with E-state index in [1.807, 2.05) is 13.8 Å². The molecule has 11 heavy (non-hydrogen) atoms. The molecule has 0 bridgehead atoms. The molecule has 1 heterocycles. The third-order valence-electron chi connectivity index (χ3n) is 2.06. The number of rotatable bonds is 2. The Balaban J connectivity index is 2.54. The van der Waals surface area contributed by atoms with Gasteiger partial charge in [-0.2, -0.15) is 0 Å². The lowest BCUT2D eigenvalue weighted by molar-refractivity contribution is 0.611. The van der Waals surface area contributed by atoms with Crippen LogP contribution in [0.3, 0.4) is 0 Å². The lowest BCUT2D eigenvalue weighted by atomic mass is 10.1. The lowest BCUT2D eigenvalue weighted by Gasteiger charge is -2.15. The van der Waals surface area contributed by atoms with Gasteiger partial charge in [0.15, 0.2) is 0 Å². The van der Waals surface area contributed by atoms with Crippen molar-refractivity contribution in [3.8, 4) is 0 Å². The molecule has 0 fully saturated rings.